The molecule has 0 amide bonds. The molecule has 0 saturated carbocycles. The molecule has 1 rings (SSSR count). The van der Waals surface area contributed by atoms with Crippen LogP contribution in [0.4, 0.5) is 0 Å². The Morgan fingerprint density at radius 3 is 2.12 bits per heavy atom. The summed E-state index contributed by atoms with van der Waals surface area (Å²) in [4.78, 5) is 0. The molecule has 0 aliphatic carbocycles. The van der Waals surface area contributed by atoms with Gasteiger partial charge >= 0.3 is 0 Å². The van der Waals surface area contributed by atoms with E-state index in [1.807, 2.05) is 18.2 Å². The molecule has 25 heavy (non-hydrogen) atoms. The van der Waals surface area contributed by atoms with Crippen molar-refractivity contribution in [2.75, 3.05) is 0 Å². The highest BCUT2D eigenvalue weighted by atomic mass is 32.2. The van der Waals surface area contributed by atoms with Gasteiger partial charge in [0.05, 0.1) is 11.4 Å². The summed E-state index contributed by atoms with van der Waals surface area (Å²) in [6.07, 6.45) is 0. The average molecular weight is 385 g/mol. The molecule has 4 nitrogen and oxygen atoms in total. The van der Waals surface area contributed by atoms with Crippen LogP contribution in [0.25, 0.3) is 0 Å². The lowest BCUT2D eigenvalue weighted by Gasteiger charge is -2.32. The van der Waals surface area contributed by atoms with Crippen LogP contribution in [0.1, 0.15) is 71.1 Å². The summed E-state index contributed by atoms with van der Waals surface area (Å²) in [6, 6.07) is 5.85. The zero-order valence-electron chi connectivity index (χ0n) is 17.3. The lowest BCUT2D eigenvalue weighted by molar-refractivity contribution is 0.0773. The van der Waals surface area contributed by atoms with Gasteiger partial charge < -0.3 is 5.11 Å². The third-order valence-electron chi connectivity index (χ3n) is 4.99. The van der Waals surface area contributed by atoms with Crippen molar-refractivity contribution in [2.45, 2.75) is 83.9 Å². The van der Waals surface area contributed by atoms with E-state index >= 15 is 0 Å². The molecular weight excluding hydrogens is 348 g/mol. The Bertz CT molecular complexity index is 735. The summed E-state index contributed by atoms with van der Waals surface area (Å²) in [5.41, 5.74) is 1.96. The minimum atomic E-state index is -2.79. The van der Waals surface area contributed by atoms with Gasteiger partial charge in [-0.25, -0.2) is 9.35 Å². The average Bonchev–Trinajstić information content (AvgIpc) is 2.33. The number of nitrogens with two attached hydrogens (primary N) is 1. The van der Waals surface area contributed by atoms with E-state index in [-0.39, 0.29) is 16.7 Å². The van der Waals surface area contributed by atoms with E-state index < -0.39 is 23.8 Å². The molecule has 3 N–H and O–H groups in total. The van der Waals surface area contributed by atoms with E-state index in [1.165, 1.54) is 0 Å². The molecular formula is C19H36N2O2SSi. The second-order valence-corrected chi connectivity index (χ2v) is 16.4. The summed E-state index contributed by atoms with van der Waals surface area (Å²) >= 11 is 0. The lowest BCUT2D eigenvalue weighted by atomic mass is 9.87. The Hall–Kier alpha value is -0.693. The maximum Gasteiger partial charge on any atom is 0.194 e. The van der Waals surface area contributed by atoms with E-state index in [0.717, 1.165) is 16.7 Å². The van der Waals surface area contributed by atoms with Crippen molar-refractivity contribution in [2.24, 2.45) is 9.17 Å². The number of benzene rings is 1. The molecule has 0 bridgehead atoms. The van der Waals surface area contributed by atoms with Crippen LogP contribution < -0.4 is 5.14 Å². The van der Waals surface area contributed by atoms with Gasteiger partial charge in [0, 0.05) is 0 Å². The van der Waals surface area contributed by atoms with Gasteiger partial charge in [0.1, 0.15) is 9.92 Å². The van der Waals surface area contributed by atoms with Crippen molar-refractivity contribution in [3.05, 3.63) is 34.9 Å². The molecule has 0 aromatic heterocycles. The summed E-state index contributed by atoms with van der Waals surface area (Å²) in [5, 5.41) is 16.5. The molecule has 0 aliphatic heterocycles. The molecule has 0 aliphatic rings. The van der Waals surface area contributed by atoms with E-state index in [2.05, 4.69) is 51.7 Å². The van der Waals surface area contributed by atoms with Crippen LogP contribution >= 0.6 is 0 Å². The van der Waals surface area contributed by atoms with Crippen LogP contribution in [0, 0.1) is 0 Å². The lowest BCUT2D eigenvalue weighted by Crippen LogP contribution is -2.38. The smallest absolute Gasteiger partial charge is 0.194 e. The van der Waals surface area contributed by atoms with Gasteiger partial charge in [0.15, 0.2) is 8.24 Å². The van der Waals surface area contributed by atoms with Crippen LogP contribution in [0.5, 0.6) is 0 Å². The molecule has 0 fully saturated rings. The van der Waals surface area contributed by atoms with E-state index in [9.17, 15) is 9.32 Å². The maximum atomic E-state index is 13.0. The summed E-state index contributed by atoms with van der Waals surface area (Å²) in [6.45, 7) is 18.4. The normalized spacial score (nSPS) is 16.0. The van der Waals surface area contributed by atoms with Gasteiger partial charge in [0.2, 0.25) is 0 Å². The first-order valence-corrected chi connectivity index (χ1v) is 13.6. The largest absolute Gasteiger partial charge is 0.386 e. The molecule has 1 atom stereocenters. The van der Waals surface area contributed by atoms with Crippen molar-refractivity contribution in [1.29, 1.82) is 0 Å². The Balaban J connectivity index is 3.32. The number of hydrogen-bond acceptors (Lipinski definition) is 3. The fourth-order valence-electron chi connectivity index (χ4n) is 2.53. The Morgan fingerprint density at radius 1 is 1.20 bits per heavy atom. The number of hydrogen-bond donors (Lipinski definition) is 2. The topological polar surface area (TPSA) is 75.7 Å². The van der Waals surface area contributed by atoms with Crippen LogP contribution in [0.3, 0.4) is 0 Å². The van der Waals surface area contributed by atoms with Crippen molar-refractivity contribution in [1.82, 2.24) is 0 Å². The highest BCUT2D eigenvalue weighted by Crippen LogP contribution is 2.37. The highest BCUT2D eigenvalue weighted by Gasteiger charge is 2.37. The fraction of sp³-hybridized carbons (Fsp3) is 0.684. The van der Waals surface area contributed by atoms with Crippen molar-refractivity contribution >= 4 is 18.2 Å². The first kappa shape index (κ1) is 22.3. The predicted molar refractivity (Wildman–Crippen MR) is 111 cm³/mol. The van der Waals surface area contributed by atoms with Crippen LogP contribution in [-0.2, 0) is 21.3 Å². The third-order valence-corrected chi connectivity index (χ3v) is 12.5. The highest BCUT2D eigenvalue weighted by molar-refractivity contribution is 7.91. The van der Waals surface area contributed by atoms with Crippen molar-refractivity contribution in [3.8, 4) is 0 Å². The second-order valence-electron chi connectivity index (χ2n) is 9.37. The molecule has 0 radical (unpaired) electrons. The van der Waals surface area contributed by atoms with Gasteiger partial charge in [-0.05, 0) is 54.6 Å². The third kappa shape index (κ3) is 5.91. The quantitative estimate of drug-likeness (QED) is 0.710. The van der Waals surface area contributed by atoms with Gasteiger partial charge in [0.25, 0.3) is 0 Å². The fourth-order valence-corrected chi connectivity index (χ4v) is 7.63. The molecule has 0 saturated heterocycles. The zero-order chi connectivity index (χ0) is 19.8. The predicted octanol–water partition coefficient (Wildman–Crippen LogP) is 4.88. The number of aliphatic hydroxyl groups is 1. The maximum absolute atomic E-state index is 13.0. The van der Waals surface area contributed by atoms with Crippen LogP contribution in [0.2, 0.25) is 18.1 Å². The first-order valence-electron chi connectivity index (χ1n) is 8.86. The number of rotatable bonds is 5. The van der Waals surface area contributed by atoms with Gasteiger partial charge in [-0.1, -0.05) is 52.8 Å². The Kier molecular flexibility index (Phi) is 6.38. The number of nitrogens with zero attached hydrogens (tertiary/aromatic N) is 1. The zero-order valence-corrected chi connectivity index (χ0v) is 19.1. The molecule has 144 valence electrons. The standard InChI is InChI=1S/C19H36N2O2SSi/c1-14(2)16-12-15(10-11-17(16)19(6,7)22)13-24(20,23)21-25(8,9)18(3,4)5/h10-12,14,22H,13H2,1-9H3,(H2,20,21,23). The van der Waals surface area contributed by atoms with E-state index in [0.29, 0.717) is 0 Å². The summed E-state index contributed by atoms with van der Waals surface area (Å²) in [7, 11) is -4.88. The van der Waals surface area contributed by atoms with E-state index in [1.54, 1.807) is 13.8 Å². The monoisotopic (exact) mass is 384 g/mol. The molecule has 1 aromatic carbocycles. The first-order chi connectivity index (χ1) is 11.0. The molecule has 1 aromatic rings. The molecule has 0 spiro atoms. The molecule has 1 unspecified atom stereocenters. The van der Waals surface area contributed by atoms with Crippen LogP contribution in [0.15, 0.2) is 22.2 Å². The van der Waals surface area contributed by atoms with Gasteiger partial charge in [-0.2, -0.15) is 0 Å². The minimum Gasteiger partial charge on any atom is -0.386 e. The molecule has 6 heteroatoms. The Morgan fingerprint density at radius 2 is 1.72 bits per heavy atom. The van der Waals surface area contributed by atoms with Gasteiger partial charge in [-0.3, -0.25) is 4.03 Å². The summed E-state index contributed by atoms with van der Waals surface area (Å²) < 4.78 is 17.6. The SMILES string of the molecule is CC(C)c1cc(CS(N)(=O)=N[Si](C)(C)C(C)(C)C)ccc1C(C)(C)O. The molecule has 0 heterocycles. The second kappa shape index (κ2) is 7.14. The van der Waals surface area contributed by atoms with Gasteiger partial charge in [-0.15, -0.1) is 0 Å². The summed E-state index contributed by atoms with van der Waals surface area (Å²) in [5.74, 6) is 0.498. The Labute approximate surface area is 155 Å². The van der Waals surface area contributed by atoms with Crippen molar-refractivity contribution in [3.63, 3.8) is 0 Å². The van der Waals surface area contributed by atoms with Crippen molar-refractivity contribution < 1.29 is 9.32 Å². The minimum absolute atomic E-state index is 0.00287. The van der Waals surface area contributed by atoms with Crippen LogP contribution in [-0.4, -0.2) is 17.6 Å². The van der Waals surface area contributed by atoms with E-state index in [4.69, 9.17) is 5.14 Å².